The van der Waals surface area contributed by atoms with Crippen LogP contribution < -0.4 is 5.73 Å². The first-order chi connectivity index (χ1) is 8.69. The molecule has 0 aliphatic rings. The van der Waals surface area contributed by atoms with Gasteiger partial charge in [0.2, 0.25) is 0 Å². The second-order valence-corrected chi connectivity index (χ2v) is 4.15. The average molecular weight is 251 g/mol. The molecule has 1 rings (SSSR count). The number of aromatic nitrogens is 1. The fourth-order valence-corrected chi connectivity index (χ4v) is 1.77. The Bertz CT molecular complexity index is 382. The lowest BCUT2D eigenvalue weighted by molar-refractivity contribution is -0.142. The molecular formula is C13H21N3O2. The van der Waals surface area contributed by atoms with Crippen molar-refractivity contribution in [1.82, 2.24) is 9.88 Å². The van der Waals surface area contributed by atoms with Gasteiger partial charge in [0.25, 0.3) is 0 Å². The lowest BCUT2D eigenvalue weighted by Crippen LogP contribution is -2.31. The summed E-state index contributed by atoms with van der Waals surface area (Å²) < 4.78 is 4.70. The second-order valence-electron chi connectivity index (χ2n) is 4.15. The molecule has 0 spiro atoms. The van der Waals surface area contributed by atoms with Gasteiger partial charge in [-0.1, -0.05) is 6.92 Å². The molecule has 1 aromatic rings. The Morgan fingerprint density at radius 1 is 1.56 bits per heavy atom. The van der Waals surface area contributed by atoms with Crippen LogP contribution in [0, 0.1) is 0 Å². The summed E-state index contributed by atoms with van der Waals surface area (Å²) in [4.78, 5) is 17.5. The van der Waals surface area contributed by atoms with Crippen molar-refractivity contribution >= 4 is 5.97 Å². The minimum absolute atomic E-state index is 0.212. The van der Waals surface area contributed by atoms with Crippen molar-refractivity contribution in [2.45, 2.75) is 26.4 Å². The van der Waals surface area contributed by atoms with E-state index in [1.807, 2.05) is 12.1 Å². The van der Waals surface area contributed by atoms with Gasteiger partial charge in [-0.15, -0.1) is 0 Å². The molecule has 0 amide bonds. The van der Waals surface area contributed by atoms with Gasteiger partial charge in [-0.2, -0.15) is 0 Å². The van der Waals surface area contributed by atoms with E-state index < -0.39 is 0 Å². The molecule has 0 aromatic carbocycles. The van der Waals surface area contributed by atoms with Gasteiger partial charge in [0.05, 0.1) is 19.3 Å². The number of methoxy groups -OCH3 is 1. The molecule has 0 aliphatic carbocycles. The predicted molar refractivity (Wildman–Crippen MR) is 69.7 cm³/mol. The highest BCUT2D eigenvalue weighted by Gasteiger charge is 2.10. The number of pyridine rings is 1. The third kappa shape index (κ3) is 4.81. The summed E-state index contributed by atoms with van der Waals surface area (Å²) in [7, 11) is 1.41. The van der Waals surface area contributed by atoms with Gasteiger partial charge in [0.15, 0.2) is 0 Å². The summed E-state index contributed by atoms with van der Waals surface area (Å²) in [6, 6.07) is 3.92. The van der Waals surface area contributed by atoms with Gasteiger partial charge in [0.1, 0.15) is 0 Å². The number of hydrogen-bond donors (Lipinski definition) is 1. The number of rotatable bonds is 7. The maximum atomic E-state index is 11.3. The highest BCUT2D eigenvalue weighted by atomic mass is 16.5. The van der Waals surface area contributed by atoms with Crippen LogP contribution in [0.5, 0.6) is 0 Å². The van der Waals surface area contributed by atoms with Gasteiger partial charge >= 0.3 is 5.97 Å². The van der Waals surface area contributed by atoms with Crippen LogP contribution in [0.15, 0.2) is 18.3 Å². The first-order valence-electron chi connectivity index (χ1n) is 6.12. The van der Waals surface area contributed by atoms with Crippen LogP contribution in [0.4, 0.5) is 0 Å². The Labute approximate surface area is 108 Å². The summed E-state index contributed by atoms with van der Waals surface area (Å²) in [6.45, 7) is 4.39. The van der Waals surface area contributed by atoms with Crippen LogP contribution >= 0.6 is 0 Å². The zero-order valence-electron chi connectivity index (χ0n) is 11.1. The lowest BCUT2D eigenvalue weighted by Gasteiger charge is -2.20. The SMILES string of the molecule is CCCN(CC(=O)OC)Cc1ccnc(CN)c1. The van der Waals surface area contributed by atoms with Crippen molar-refractivity contribution in [3.8, 4) is 0 Å². The molecule has 5 heteroatoms. The van der Waals surface area contributed by atoms with E-state index in [4.69, 9.17) is 10.5 Å². The molecule has 2 N–H and O–H groups in total. The fraction of sp³-hybridized carbons (Fsp3) is 0.538. The lowest BCUT2D eigenvalue weighted by atomic mass is 10.2. The first-order valence-corrected chi connectivity index (χ1v) is 6.12. The number of carbonyl (C=O) groups is 1. The van der Waals surface area contributed by atoms with E-state index in [9.17, 15) is 4.79 Å². The quantitative estimate of drug-likeness (QED) is 0.730. The second kappa shape index (κ2) is 7.79. The van der Waals surface area contributed by atoms with Crippen molar-refractivity contribution in [3.05, 3.63) is 29.6 Å². The van der Waals surface area contributed by atoms with Crippen molar-refractivity contribution in [2.24, 2.45) is 5.73 Å². The van der Waals surface area contributed by atoms with Gasteiger partial charge in [-0.25, -0.2) is 0 Å². The van der Waals surface area contributed by atoms with Gasteiger partial charge < -0.3 is 10.5 Å². The first kappa shape index (κ1) is 14.6. The summed E-state index contributed by atoms with van der Waals surface area (Å²) in [5.41, 5.74) is 7.54. The molecule has 0 saturated carbocycles. The molecule has 0 saturated heterocycles. The standard InChI is InChI=1S/C13H21N3O2/c1-3-6-16(10-13(17)18-2)9-11-4-5-15-12(7-11)8-14/h4-5,7H,3,6,8-10,14H2,1-2H3. The van der Waals surface area contributed by atoms with Crippen molar-refractivity contribution in [3.63, 3.8) is 0 Å². The normalized spacial score (nSPS) is 10.7. The Balaban J connectivity index is 2.66. The van der Waals surface area contributed by atoms with E-state index in [-0.39, 0.29) is 5.97 Å². The number of esters is 1. The predicted octanol–water partition coefficient (Wildman–Crippen LogP) is 0.925. The summed E-state index contributed by atoms with van der Waals surface area (Å²) >= 11 is 0. The van der Waals surface area contributed by atoms with E-state index >= 15 is 0 Å². The smallest absolute Gasteiger partial charge is 0.319 e. The van der Waals surface area contributed by atoms with E-state index in [1.165, 1.54) is 7.11 Å². The van der Waals surface area contributed by atoms with Crippen molar-refractivity contribution in [1.29, 1.82) is 0 Å². The molecule has 5 nitrogen and oxygen atoms in total. The summed E-state index contributed by atoms with van der Waals surface area (Å²) in [6.07, 6.45) is 2.74. The highest BCUT2D eigenvalue weighted by molar-refractivity contribution is 5.71. The number of hydrogen-bond acceptors (Lipinski definition) is 5. The Kier molecular flexibility index (Phi) is 6.32. The van der Waals surface area contributed by atoms with E-state index in [2.05, 4.69) is 16.8 Å². The summed E-state index contributed by atoms with van der Waals surface area (Å²) in [5.74, 6) is -0.212. The molecule has 1 aromatic heterocycles. The van der Waals surface area contributed by atoms with Crippen LogP contribution in [-0.4, -0.2) is 36.1 Å². The highest BCUT2D eigenvalue weighted by Crippen LogP contribution is 2.06. The van der Waals surface area contributed by atoms with Crippen molar-refractivity contribution in [2.75, 3.05) is 20.2 Å². The molecule has 0 aliphatic heterocycles. The van der Waals surface area contributed by atoms with Gasteiger partial charge in [0, 0.05) is 19.3 Å². The third-order valence-corrected chi connectivity index (χ3v) is 2.62. The Hall–Kier alpha value is -1.46. The number of carbonyl (C=O) groups excluding carboxylic acids is 1. The maximum absolute atomic E-state index is 11.3. The molecule has 0 atom stereocenters. The molecule has 0 radical (unpaired) electrons. The maximum Gasteiger partial charge on any atom is 0.319 e. The minimum Gasteiger partial charge on any atom is -0.468 e. The number of nitrogens with two attached hydrogens (primary N) is 1. The minimum atomic E-state index is -0.212. The average Bonchev–Trinajstić information content (AvgIpc) is 2.39. The molecule has 18 heavy (non-hydrogen) atoms. The Morgan fingerprint density at radius 2 is 2.33 bits per heavy atom. The van der Waals surface area contributed by atoms with E-state index in [0.717, 1.165) is 24.2 Å². The van der Waals surface area contributed by atoms with Crippen LogP contribution in [-0.2, 0) is 22.6 Å². The van der Waals surface area contributed by atoms with Gasteiger partial charge in [-0.3, -0.25) is 14.7 Å². The zero-order chi connectivity index (χ0) is 13.4. The van der Waals surface area contributed by atoms with Gasteiger partial charge in [-0.05, 0) is 30.7 Å². The molecule has 100 valence electrons. The summed E-state index contributed by atoms with van der Waals surface area (Å²) in [5, 5.41) is 0. The molecular weight excluding hydrogens is 230 g/mol. The van der Waals surface area contributed by atoms with E-state index in [1.54, 1.807) is 6.20 Å². The van der Waals surface area contributed by atoms with Crippen molar-refractivity contribution < 1.29 is 9.53 Å². The molecule has 0 unspecified atom stereocenters. The number of nitrogens with zero attached hydrogens (tertiary/aromatic N) is 2. The molecule has 1 heterocycles. The van der Waals surface area contributed by atoms with E-state index in [0.29, 0.717) is 19.6 Å². The van der Waals surface area contributed by atoms with Crippen LogP contribution in [0.3, 0.4) is 0 Å². The van der Waals surface area contributed by atoms with Crippen LogP contribution in [0.1, 0.15) is 24.6 Å². The molecule has 0 fully saturated rings. The number of ether oxygens (including phenoxy) is 1. The molecule has 0 bridgehead atoms. The topological polar surface area (TPSA) is 68.5 Å². The third-order valence-electron chi connectivity index (χ3n) is 2.62. The Morgan fingerprint density at radius 3 is 2.94 bits per heavy atom. The van der Waals surface area contributed by atoms with Crippen LogP contribution in [0.25, 0.3) is 0 Å². The van der Waals surface area contributed by atoms with Crippen LogP contribution in [0.2, 0.25) is 0 Å². The largest absolute Gasteiger partial charge is 0.468 e. The monoisotopic (exact) mass is 251 g/mol. The zero-order valence-corrected chi connectivity index (χ0v) is 11.1. The fourth-order valence-electron chi connectivity index (χ4n) is 1.77.